The maximum atomic E-state index is 5.37. The third-order valence-electron chi connectivity index (χ3n) is 3.53. The average Bonchev–Trinajstić information content (AvgIpc) is 2.41. The van der Waals surface area contributed by atoms with Gasteiger partial charge in [0.05, 0.1) is 0 Å². The van der Waals surface area contributed by atoms with E-state index in [0.29, 0.717) is 5.92 Å². The molecule has 0 aromatic carbocycles. The van der Waals surface area contributed by atoms with E-state index in [1.807, 2.05) is 0 Å². The summed E-state index contributed by atoms with van der Waals surface area (Å²) < 4.78 is 10.7. The van der Waals surface area contributed by atoms with Crippen molar-refractivity contribution < 1.29 is 8.85 Å². The quantitative estimate of drug-likeness (QED) is 0.280. The van der Waals surface area contributed by atoms with Gasteiger partial charge in [-0.1, -0.05) is 57.9 Å². The number of hydrogen-bond acceptors (Lipinski definition) is 2. The molecule has 0 rings (SSSR count). The summed E-state index contributed by atoms with van der Waals surface area (Å²) in [5.74, 6) is 0.581. The van der Waals surface area contributed by atoms with Gasteiger partial charge in [0.25, 0.3) is 0 Å². The molecule has 0 amide bonds. The standard InChI is InChI=1S/C15H32O2Si/c1-5-7-8-9-10-11-12-13-15(6-2)14-18(16-3)17-4/h6,15,18H,2,5,7-14H2,1,3-4H3. The monoisotopic (exact) mass is 272 g/mol. The van der Waals surface area contributed by atoms with Crippen LogP contribution in [0.4, 0.5) is 0 Å². The lowest BCUT2D eigenvalue weighted by Crippen LogP contribution is -2.22. The molecule has 0 N–H and O–H groups in total. The van der Waals surface area contributed by atoms with Crippen LogP contribution in [-0.2, 0) is 8.85 Å². The van der Waals surface area contributed by atoms with Gasteiger partial charge in [0.15, 0.2) is 0 Å². The van der Waals surface area contributed by atoms with Crippen molar-refractivity contribution in [3.63, 3.8) is 0 Å². The third-order valence-corrected chi connectivity index (χ3v) is 5.57. The summed E-state index contributed by atoms with van der Waals surface area (Å²) in [7, 11) is 2.10. The Bertz CT molecular complexity index is 181. The van der Waals surface area contributed by atoms with Crippen LogP contribution < -0.4 is 0 Å². The molecule has 0 fully saturated rings. The SMILES string of the molecule is C=CC(CCCCCCCCC)C[SiH](OC)OC. The molecular weight excluding hydrogens is 240 g/mol. The first kappa shape index (κ1) is 17.9. The Kier molecular flexibility index (Phi) is 13.2. The summed E-state index contributed by atoms with van der Waals surface area (Å²) >= 11 is 0. The van der Waals surface area contributed by atoms with Crippen molar-refractivity contribution in [2.75, 3.05) is 14.2 Å². The van der Waals surface area contributed by atoms with E-state index in [1.54, 1.807) is 14.2 Å². The number of rotatable bonds is 13. The van der Waals surface area contributed by atoms with Gasteiger partial charge >= 0.3 is 9.28 Å². The molecule has 3 heteroatoms. The smallest absolute Gasteiger partial charge is 0.321 e. The van der Waals surface area contributed by atoms with Crippen LogP contribution in [0, 0.1) is 5.92 Å². The van der Waals surface area contributed by atoms with Crippen molar-refractivity contribution in [2.24, 2.45) is 5.92 Å². The molecule has 0 aliphatic heterocycles. The largest absolute Gasteiger partial charge is 0.400 e. The summed E-state index contributed by atoms with van der Waals surface area (Å²) in [6.45, 7) is 6.20. The zero-order valence-corrected chi connectivity index (χ0v) is 13.8. The van der Waals surface area contributed by atoms with E-state index in [1.165, 1.54) is 51.4 Å². The maximum absolute atomic E-state index is 5.37. The molecule has 0 saturated carbocycles. The summed E-state index contributed by atoms with van der Waals surface area (Å²) in [6, 6.07) is 1.06. The van der Waals surface area contributed by atoms with Gasteiger partial charge in [0.2, 0.25) is 0 Å². The van der Waals surface area contributed by atoms with E-state index < -0.39 is 9.28 Å². The first-order valence-electron chi connectivity index (χ1n) is 7.46. The number of allylic oxidation sites excluding steroid dienone is 1. The highest BCUT2D eigenvalue weighted by atomic mass is 28.3. The van der Waals surface area contributed by atoms with Gasteiger partial charge in [0, 0.05) is 14.2 Å². The predicted octanol–water partition coefficient (Wildman–Crippen LogP) is 4.44. The van der Waals surface area contributed by atoms with Crippen LogP contribution in [-0.4, -0.2) is 23.5 Å². The molecule has 0 aromatic heterocycles. The van der Waals surface area contributed by atoms with E-state index in [4.69, 9.17) is 8.85 Å². The van der Waals surface area contributed by atoms with Crippen molar-refractivity contribution in [3.05, 3.63) is 12.7 Å². The van der Waals surface area contributed by atoms with Gasteiger partial charge in [-0.25, -0.2) is 0 Å². The Hall–Kier alpha value is -0.123. The molecule has 1 unspecified atom stereocenters. The molecule has 108 valence electrons. The Labute approximate surface area is 116 Å². The van der Waals surface area contributed by atoms with E-state index in [-0.39, 0.29) is 0 Å². The minimum absolute atomic E-state index is 0.581. The number of hydrogen-bond donors (Lipinski definition) is 0. The van der Waals surface area contributed by atoms with E-state index >= 15 is 0 Å². The molecule has 18 heavy (non-hydrogen) atoms. The Morgan fingerprint density at radius 1 is 1.00 bits per heavy atom. The van der Waals surface area contributed by atoms with Gasteiger partial charge < -0.3 is 8.85 Å². The second-order valence-corrected chi connectivity index (χ2v) is 7.32. The molecule has 0 aliphatic rings. The first-order valence-corrected chi connectivity index (χ1v) is 9.22. The summed E-state index contributed by atoms with van der Waals surface area (Å²) in [5, 5.41) is 0. The molecule has 0 bridgehead atoms. The first-order chi connectivity index (χ1) is 8.78. The predicted molar refractivity (Wildman–Crippen MR) is 82.3 cm³/mol. The van der Waals surface area contributed by atoms with Crippen LogP contribution in [0.25, 0.3) is 0 Å². The molecule has 0 heterocycles. The van der Waals surface area contributed by atoms with Crippen molar-refractivity contribution >= 4 is 9.28 Å². The van der Waals surface area contributed by atoms with Crippen LogP contribution in [0.1, 0.15) is 58.3 Å². The van der Waals surface area contributed by atoms with Gasteiger partial charge in [-0.05, 0) is 18.4 Å². The topological polar surface area (TPSA) is 18.5 Å². The van der Waals surface area contributed by atoms with Crippen LogP contribution in [0.5, 0.6) is 0 Å². The zero-order valence-electron chi connectivity index (χ0n) is 12.6. The van der Waals surface area contributed by atoms with Crippen LogP contribution in [0.3, 0.4) is 0 Å². The van der Waals surface area contributed by atoms with Crippen LogP contribution in [0.2, 0.25) is 6.04 Å². The third kappa shape index (κ3) is 9.86. The molecular formula is C15H32O2Si. The fourth-order valence-corrected chi connectivity index (χ4v) is 3.73. The molecule has 0 aromatic rings. The highest BCUT2D eigenvalue weighted by Gasteiger charge is 2.15. The summed E-state index contributed by atoms with van der Waals surface area (Å²) in [4.78, 5) is 0. The normalized spacial score (nSPS) is 12.9. The molecule has 0 spiro atoms. The zero-order chi connectivity index (χ0) is 13.6. The molecule has 0 aliphatic carbocycles. The molecule has 0 saturated heterocycles. The van der Waals surface area contributed by atoms with Crippen molar-refractivity contribution in [1.29, 1.82) is 0 Å². The van der Waals surface area contributed by atoms with Crippen molar-refractivity contribution in [2.45, 2.75) is 64.3 Å². The van der Waals surface area contributed by atoms with Crippen molar-refractivity contribution in [1.82, 2.24) is 0 Å². The second kappa shape index (κ2) is 13.3. The van der Waals surface area contributed by atoms with E-state index in [9.17, 15) is 0 Å². The van der Waals surface area contributed by atoms with E-state index in [2.05, 4.69) is 19.6 Å². The molecule has 1 atom stereocenters. The lowest BCUT2D eigenvalue weighted by molar-refractivity contribution is 0.271. The number of unbranched alkanes of at least 4 members (excludes halogenated alkanes) is 6. The summed E-state index contributed by atoms with van der Waals surface area (Å²) in [5.41, 5.74) is 0. The maximum Gasteiger partial charge on any atom is 0.321 e. The van der Waals surface area contributed by atoms with Gasteiger partial charge in [-0.2, -0.15) is 0 Å². The second-order valence-electron chi connectivity index (χ2n) is 5.04. The fourth-order valence-electron chi connectivity index (χ4n) is 2.23. The average molecular weight is 273 g/mol. The fraction of sp³-hybridized carbons (Fsp3) is 0.867. The molecule has 0 radical (unpaired) electrons. The Balaban J connectivity index is 3.52. The minimum atomic E-state index is -1.41. The Morgan fingerprint density at radius 2 is 1.56 bits per heavy atom. The van der Waals surface area contributed by atoms with Crippen LogP contribution in [0.15, 0.2) is 12.7 Å². The van der Waals surface area contributed by atoms with Gasteiger partial charge in [-0.3, -0.25) is 0 Å². The van der Waals surface area contributed by atoms with Crippen molar-refractivity contribution in [3.8, 4) is 0 Å². The Morgan fingerprint density at radius 3 is 2.06 bits per heavy atom. The highest BCUT2D eigenvalue weighted by molar-refractivity contribution is 6.44. The van der Waals surface area contributed by atoms with E-state index in [0.717, 1.165) is 6.04 Å². The lowest BCUT2D eigenvalue weighted by atomic mass is 10.0. The lowest BCUT2D eigenvalue weighted by Gasteiger charge is -2.17. The minimum Gasteiger partial charge on any atom is -0.400 e. The van der Waals surface area contributed by atoms with Gasteiger partial charge in [0.1, 0.15) is 0 Å². The highest BCUT2D eigenvalue weighted by Crippen LogP contribution is 2.19. The molecule has 2 nitrogen and oxygen atoms in total. The van der Waals surface area contributed by atoms with Gasteiger partial charge in [-0.15, -0.1) is 6.58 Å². The van der Waals surface area contributed by atoms with Crippen LogP contribution >= 0.6 is 0 Å². The summed E-state index contributed by atoms with van der Waals surface area (Å²) in [6.07, 6.45) is 12.9.